The van der Waals surface area contributed by atoms with E-state index >= 15 is 0 Å². The van der Waals surface area contributed by atoms with Crippen molar-refractivity contribution < 1.29 is 13.2 Å². The summed E-state index contributed by atoms with van der Waals surface area (Å²) in [6.45, 7) is 0.167. The quantitative estimate of drug-likeness (QED) is 0.900. The highest BCUT2D eigenvalue weighted by Gasteiger charge is 2.23. The number of ether oxygens (including phenoxy) is 1. The molecule has 2 aromatic rings. The van der Waals surface area contributed by atoms with Gasteiger partial charge in [-0.15, -0.1) is 0 Å². The van der Waals surface area contributed by atoms with Crippen molar-refractivity contribution in [3.05, 3.63) is 58.5 Å². The summed E-state index contributed by atoms with van der Waals surface area (Å²) in [6, 6.07) is 8.25. The summed E-state index contributed by atoms with van der Waals surface area (Å²) in [5.74, 6) is 0.698. The lowest BCUT2D eigenvalue weighted by molar-refractivity contribution is 0.414. The Morgan fingerprint density at radius 3 is 2.43 bits per heavy atom. The SMILES string of the molecule is COc1ccc(CN(C)S(=O)(=O)c2c[nH]ccc2=O)cc1. The normalized spacial score (nSPS) is 11.6. The van der Waals surface area contributed by atoms with Crippen molar-refractivity contribution in [3.8, 4) is 5.75 Å². The van der Waals surface area contributed by atoms with E-state index in [0.29, 0.717) is 5.75 Å². The van der Waals surface area contributed by atoms with Gasteiger partial charge >= 0.3 is 0 Å². The molecule has 0 saturated heterocycles. The first-order valence-corrected chi connectivity index (χ1v) is 7.65. The fourth-order valence-electron chi connectivity index (χ4n) is 1.84. The third kappa shape index (κ3) is 3.32. The Bertz CT molecular complexity index is 766. The molecule has 0 atom stereocenters. The average Bonchev–Trinajstić information content (AvgIpc) is 2.48. The highest BCUT2D eigenvalue weighted by Crippen LogP contribution is 2.16. The fourth-order valence-corrected chi connectivity index (χ4v) is 3.04. The zero-order valence-electron chi connectivity index (χ0n) is 11.7. The van der Waals surface area contributed by atoms with Crippen LogP contribution in [0.2, 0.25) is 0 Å². The van der Waals surface area contributed by atoms with Gasteiger partial charge in [-0.2, -0.15) is 4.31 Å². The molecule has 6 nitrogen and oxygen atoms in total. The number of benzene rings is 1. The van der Waals surface area contributed by atoms with E-state index in [9.17, 15) is 13.2 Å². The van der Waals surface area contributed by atoms with Gasteiger partial charge < -0.3 is 9.72 Å². The van der Waals surface area contributed by atoms with E-state index in [1.165, 1.54) is 25.5 Å². The van der Waals surface area contributed by atoms with Crippen LogP contribution in [0.15, 0.2) is 52.4 Å². The second-order valence-electron chi connectivity index (χ2n) is 4.48. The van der Waals surface area contributed by atoms with Crippen molar-refractivity contribution in [2.24, 2.45) is 0 Å². The molecule has 1 heterocycles. The van der Waals surface area contributed by atoms with Gasteiger partial charge in [0, 0.05) is 32.1 Å². The van der Waals surface area contributed by atoms with Gasteiger partial charge in [0.05, 0.1) is 7.11 Å². The van der Waals surface area contributed by atoms with Crippen molar-refractivity contribution in [3.63, 3.8) is 0 Å². The van der Waals surface area contributed by atoms with Crippen LogP contribution in [0.25, 0.3) is 0 Å². The van der Waals surface area contributed by atoms with Gasteiger partial charge in [0.25, 0.3) is 0 Å². The van der Waals surface area contributed by atoms with Crippen LogP contribution in [-0.4, -0.2) is 31.9 Å². The minimum Gasteiger partial charge on any atom is -0.497 e. The van der Waals surface area contributed by atoms with Gasteiger partial charge in [0.15, 0.2) is 0 Å². The van der Waals surface area contributed by atoms with Gasteiger partial charge in [0.2, 0.25) is 15.5 Å². The molecule has 1 N–H and O–H groups in total. The third-order valence-corrected chi connectivity index (χ3v) is 4.87. The summed E-state index contributed by atoms with van der Waals surface area (Å²) >= 11 is 0. The zero-order chi connectivity index (χ0) is 15.5. The largest absolute Gasteiger partial charge is 0.497 e. The van der Waals surface area contributed by atoms with Gasteiger partial charge in [-0.05, 0) is 17.7 Å². The van der Waals surface area contributed by atoms with E-state index < -0.39 is 15.5 Å². The first-order chi connectivity index (χ1) is 9.95. The van der Waals surface area contributed by atoms with Crippen LogP contribution in [0, 0.1) is 0 Å². The Labute approximate surface area is 123 Å². The standard InChI is InChI=1S/C14H16N2O4S/c1-16(10-11-3-5-12(20-2)6-4-11)21(18,19)14-9-15-8-7-13(14)17/h3-9H,10H2,1-2H3,(H,15,17). The van der Waals surface area contributed by atoms with Crippen LogP contribution in [0.1, 0.15) is 5.56 Å². The van der Waals surface area contributed by atoms with Gasteiger partial charge in [0.1, 0.15) is 10.6 Å². The summed E-state index contributed by atoms with van der Waals surface area (Å²) in [5.41, 5.74) is 0.268. The van der Waals surface area contributed by atoms with Crippen molar-refractivity contribution in [1.29, 1.82) is 0 Å². The van der Waals surface area contributed by atoms with E-state index in [4.69, 9.17) is 4.74 Å². The van der Waals surface area contributed by atoms with E-state index in [0.717, 1.165) is 9.87 Å². The summed E-state index contributed by atoms with van der Waals surface area (Å²) in [5, 5.41) is 0. The van der Waals surface area contributed by atoms with Crippen LogP contribution >= 0.6 is 0 Å². The Hall–Kier alpha value is -2.12. The van der Waals surface area contributed by atoms with E-state index in [1.54, 1.807) is 31.4 Å². The lowest BCUT2D eigenvalue weighted by Crippen LogP contribution is -2.30. The number of rotatable bonds is 5. The number of nitrogens with one attached hydrogen (secondary N) is 1. The molecule has 0 aliphatic carbocycles. The number of methoxy groups -OCH3 is 1. The number of nitrogens with zero attached hydrogens (tertiary/aromatic N) is 1. The molecule has 21 heavy (non-hydrogen) atoms. The number of hydrogen-bond donors (Lipinski definition) is 1. The maximum Gasteiger partial charge on any atom is 0.248 e. The number of aromatic amines is 1. The van der Waals surface area contributed by atoms with Crippen LogP contribution in [0.4, 0.5) is 0 Å². The molecule has 7 heteroatoms. The summed E-state index contributed by atoms with van der Waals surface area (Å²) in [6.07, 6.45) is 2.59. The molecule has 0 amide bonds. The number of aromatic nitrogens is 1. The number of H-pyrrole nitrogens is 1. The highest BCUT2D eigenvalue weighted by atomic mass is 32.2. The first kappa shape index (κ1) is 15.3. The molecule has 0 unspecified atom stereocenters. The van der Waals surface area contributed by atoms with E-state index in [2.05, 4.69) is 4.98 Å². The third-order valence-electron chi connectivity index (χ3n) is 3.04. The van der Waals surface area contributed by atoms with Crippen molar-refractivity contribution in [2.75, 3.05) is 14.2 Å². The zero-order valence-corrected chi connectivity index (χ0v) is 12.6. The minimum atomic E-state index is -3.83. The molecule has 0 saturated carbocycles. The molecule has 0 bridgehead atoms. The Morgan fingerprint density at radius 1 is 1.19 bits per heavy atom. The molecule has 1 aromatic heterocycles. The van der Waals surface area contributed by atoms with Gasteiger partial charge in [-0.1, -0.05) is 12.1 Å². The lowest BCUT2D eigenvalue weighted by atomic mass is 10.2. The van der Waals surface area contributed by atoms with Gasteiger partial charge in [-0.25, -0.2) is 8.42 Å². The summed E-state index contributed by atoms with van der Waals surface area (Å²) in [7, 11) is -0.826. The Kier molecular flexibility index (Phi) is 4.44. The molecule has 0 radical (unpaired) electrons. The number of sulfonamides is 1. The van der Waals surface area contributed by atoms with E-state index in [-0.39, 0.29) is 11.4 Å². The molecule has 0 aliphatic heterocycles. The van der Waals surface area contributed by atoms with Crippen LogP contribution in [0.3, 0.4) is 0 Å². The molecule has 2 rings (SSSR count). The lowest BCUT2D eigenvalue weighted by Gasteiger charge is -2.16. The van der Waals surface area contributed by atoms with E-state index in [1.807, 2.05) is 0 Å². The van der Waals surface area contributed by atoms with Crippen LogP contribution in [-0.2, 0) is 16.6 Å². The second kappa shape index (κ2) is 6.11. The van der Waals surface area contributed by atoms with Crippen LogP contribution < -0.4 is 10.2 Å². The van der Waals surface area contributed by atoms with Crippen molar-refractivity contribution in [1.82, 2.24) is 9.29 Å². The first-order valence-electron chi connectivity index (χ1n) is 6.21. The van der Waals surface area contributed by atoms with Crippen molar-refractivity contribution in [2.45, 2.75) is 11.4 Å². The number of hydrogen-bond acceptors (Lipinski definition) is 4. The van der Waals surface area contributed by atoms with Crippen molar-refractivity contribution >= 4 is 10.0 Å². The summed E-state index contributed by atoms with van der Waals surface area (Å²) in [4.78, 5) is 14.0. The number of pyridine rings is 1. The second-order valence-corrected chi connectivity index (χ2v) is 6.50. The summed E-state index contributed by atoms with van der Waals surface area (Å²) < 4.78 is 30.9. The predicted octanol–water partition coefficient (Wildman–Crippen LogP) is 1.20. The molecule has 0 spiro atoms. The molecule has 1 aromatic carbocycles. The maximum atomic E-state index is 12.4. The Balaban J connectivity index is 2.24. The monoisotopic (exact) mass is 308 g/mol. The molecule has 0 fully saturated rings. The van der Waals surface area contributed by atoms with Crippen LogP contribution in [0.5, 0.6) is 5.75 Å². The van der Waals surface area contributed by atoms with Gasteiger partial charge in [-0.3, -0.25) is 4.79 Å². The maximum absolute atomic E-state index is 12.4. The average molecular weight is 308 g/mol. The molecular formula is C14H16N2O4S. The Morgan fingerprint density at radius 2 is 1.86 bits per heavy atom. The molecular weight excluding hydrogens is 292 g/mol. The topological polar surface area (TPSA) is 79.5 Å². The smallest absolute Gasteiger partial charge is 0.248 e. The predicted molar refractivity (Wildman–Crippen MR) is 78.7 cm³/mol. The molecule has 112 valence electrons. The minimum absolute atomic E-state index is 0.167. The highest BCUT2D eigenvalue weighted by molar-refractivity contribution is 7.89. The fraction of sp³-hybridized carbons (Fsp3) is 0.214. The molecule has 0 aliphatic rings.